The molecule has 0 aromatic heterocycles. The molecule has 0 aromatic carbocycles. The van der Waals surface area contributed by atoms with Gasteiger partial charge < -0.3 is 5.32 Å². The molecule has 0 amide bonds. The van der Waals surface area contributed by atoms with E-state index < -0.39 is 0 Å². The predicted molar refractivity (Wildman–Crippen MR) is 44.7 cm³/mol. The van der Waals surface area contributed by atoms with Crippen LogP contribution in [0.2, 0.25) is 0 Å². The maximum absolute atomic E-state index is 3.16. The van der Waals surface area contributed by atoms with Gasteiger partial charge in [0.1, 0.15) is 0 Å². The Morgan fingerprint density at radius 2 is 2.40 bits per heavy atom. The van der Waals surface area contributed by atoms with Crippen molar-refractivity contribution in [1.82, 2.24) is 5.32 Å². The van der Waals surface area contributed by atoms with E-state index in [0.29, 0.717) is 0 Å². The molecule has 1 aliphatic rings. The summed E-state index contributed by atoms with van der Waals surface area (Å²) in [6.45, 7) is 5.13. The van der Waals surface area contributed by atoms with Gasteiger partial charge in [-0.3, -0.25) is 0 Å². The summed E-state index contributed by atoms with van der Waals surface area (Å²) in [4.78, 5) is 0. The number of dihydropyridines is 1. The summed E-state index contributed by atoms with van der Waals surface area (Å²) in [5.41, 5.74) is 2.64. The highest BCUT2D eigenvalue weighted by Gasteiger charge is 1.97. The van der Waals surface area contributed by atoms with E-state index in [1.54, 1.807) is 0 Å². The Bertz CT molecular complexity index is 197. The molecule has 1 heterocycles. The predicted octanol–water partition coefficient (Wildman–Crippen LogP) is 2.00. The van der Waals surface area contributed by atoms with Crippen molar-refractivity contribution in [3.05, 3.63) is 35.6 Å². The first-order valence-corrected chi connectivity index (χ1v) is 3.58. The molecule has 0 fully saturated rings. The van der Waals surface area contributed by atoms with Crippen molar-refractivity contribution in [1.29, 1.82) is 0 Å². The second kappa shape index (κ2) is 3.25. The van der Waals surface area contributed by atoms with E-state index in [1.807, 2.05) is 6.92 Å². The summed E-state index contributed by atoms with van der Waals surface area (Å²) in [5, 5.41) is 3.16. The first-order valence-electron chi connectivity index (χ1n) is 3.58. The lowest BCUT2D eigenvalue weighted by atomic mass is 10.1. The Kier molecular flexibility index (Phi) is 2.32. The van der Waals surface area contributed by atoms with Crippen LogP contribution in [0.3, 0.4) is 0 Å². The van der Waals surface area contributed by atoms with Crippen LogP contribution >= 0.6 is 0 Å². The van der Waals surface area contributed by atoms with Crippen molar-refractivity contribution >= 4 is 0 Å². The highest BCUT2D eigenvalue weighted by molar-refractivity contribution is 5.39. The molecule has 1 N–H and O–H groups in total. The van der Waals surface area contributed by atoms with Gasteiger partial charge in [0.05, 0.1) is 0 Å². The number of hydrogen-bond acceptors (Lipinski definition) is 1. The van der Waals surface area contributed by atoms with Gasteiger partial charge in [-0.1, -0.05) is 18.2 Å². The van der Waals surface area contributed by atoms with Gasteiger partial charge >= 0.3 is 0 Å². The van der Waals surface area contributed by atoms with Gasteiger partial charge in [0.2, 0.25) is 0 Å². The molecule has 0 unspecified atom stereocenters. The summed E-state index contributed by atoms with van der Waals surface area (Å²) in [6.07, 6.45) is 8.40. The standard InChI is InChI=1S/C9H13N/c1-3-4-9-7-10-6-5-8(9)2/h3-5,7,10H,6H2,1-2H3/b4-3-. The summed E-state index contributed by atoms with van der Waals surface area (Å²) in [5.74, 6) is 0. The molecule has 10 heavy (non-hydrogen) atoms. The Morgan fingerprint density at radius 3 is 3.00 bits per heavy atom. The molecule has 1 heteroatoms. The smallest absolute Gasteiger partial charge is 0.0331 e. The molecule has 0 aromatic rings. The van der Waals surface area contributed by atoms with Gasteiger partial charge in [0.25, 0.3) is 0 Å². The van der Waals surface area contributed by atoms with E-state index in [9.17, 15) is 0 Å². The fraction of sp³-hybridized carbons (Fsp3) is 0.333. The third-order valence-electron chi connectivity index (χ3n) is 1.59. The lowest BCUT2D eigenvalue weighted by molar-refractivity contribution is 0.945. The van der Waals surface area contributed by atoms with Crippen LogP contribution < -0.4 is 5.32 Å². The zero-order valence-corrected chi connectivity index (χ0v) is 6.52. The van der Waals surface area contributed by atoms with Crippen LogP contribution in [-0.4, -0.2) is 6.54 Å². The van der Waals surface area contributed by atoms with Crippen LogP contribution in [-0.2, 0) is 0 Å². The van der Waals surface area contributed by atoms with Gasteiger partial charge in [0, 0.05) is 12.7 Å². The molecular formula is C9H13N. The summed E-state index contributed by atoms with van der Waals surface area (Å²) >= 11 is 0. The Morgan fingerprint density at radius 1 is 1.60 bits per heavy atom. The minimum Gasteiger partial charge on any atom is -0.387 e. The molecule has 0 saturated carbocycles. The molecule has 1 nitrogen and oxygen atoms in total. The van der Waals surface area contributed by atoms with E-state index in [4.69, 9.17) is 0 Å². The van der Waals surface area contributed by atoms with Gasteiger partial charge in [-0.25, -0.2) is 0 Å². The van der Waals surface area contributed by atoms with Crippen LogP contribution in [0.15, 0.2) is 35.6 Å². The van der Waals surface area contributed by atoms with Crippen molar-refractivity contribution in [3.63, 3.8) is 0 Å². The van der Waals surface area contributed by atoms with Crippen molar-refractivity contribution in [2.45, 2.75) is 13.8 Å². The molecule has 0 radical (unpaired) electrons. The lowest BCUT2D eigenvalue weighted by Crippen LogP contribution is -2.10. The minimum atomic E-state index is 0.965. The summed E-state index contributed by atoms with van der Waals surface area (Å²) < 4.78 is 0. The van der Waals surface area contributed by atoms with Gasteiger partial charge in [-0.2, -0.15) is 0 Å². The van der Waals surface area contributed by atoms with Gasteiger partial charge in [-0.15, -0.1) is 0 Å². The number of hydrogen-bond donors (Lipinski definition) is 1. The largest absolute Gasteiger partial charge is 0.387 e. The fourth-order valence-corrected chi connectivity index (χ4v) is 0.972. The van der Waals surface area contributed by atoms with Crippen LogP contribution in [0.1, 0.15) is 13.8 Å². The maximum Gasteiger partial charge on any atom is 0.0331 e. The molecule has 1 aliphatic heterocycles. The molecule has 54 valence electrons. The molecule has 1 rings (SSSR count). The number of allylic oxidation sites excluding steroid dienone is 4. The van der Waals surface area contributed by atoms with Crippen LogP contribution in [0.4, 0.5) is 0 Å². The average molecular weight is 135 g/mol. The van der Waals surface area contributed by atoms with E-state index >= 15 is 0 Å². The molecule has 0 saturated heterocycles. The van der Waals surface area contributed by atoms with Crippen molar-refractivity contribution in [2.75, 3.05) is 6.54 Å². The van der Waals surface area contributed by atoms with Crippen molar-refractivity contribution < 1.29 is 0 Å². The SMILES string of the molecule is C/C=C\C1=CNCC=C1C. The van der Waals surface area contributed by atoms with Gasteiger partial charge in [-0.05, 0) is 25.0 Å². The first-order chi connectivity index (χ1) is 4.84. The highest BCUT2D eigenvalue weighted by Crippen LogP contribution is 2.11. The minimum absolute atomic E-state index is 0.965. The Balaban J connectivity index is 2.74. The van der Waals surface area contributed by atoms with Crippen LogP contribution in [0.5, 0.6) is 0 Å². The quantitative estimate of drug-likeness (QED) is 0.580. The molecule has 0 atom stereocenters. The van der Waals surface area contributed by atoms with E-state index in [2.05, 4.69) is 36.7 Å². The van der Waals surface area contributed by atoms with Crippen LogP contribution in [0.25, 0.3) is 0 Å². The second-order valence-electron chi connectivity index (χ2n) is 2.40. The Hall–Kier alpha value is -0.980. The normalized spacial score (nSPS) is 18.2. The van der Waals surface area contributed by atoms with E-state index in [-0.39, 0.29) is 0 Å². The molecule has 0 aliphatic carbocycles. The fourth-order valence-electron chi connectivity index (χ4n) is 0.972. The Labute approximate surface area is 62.1 Å². The summed E-state index contributed by atoms with van der Waals surface area (Å²) in [7, 11) is 0. The topological polar surface area (TPSA) is 12.0 Å². The molecule has 0 spiro atoms. The zero-order valence-electron chi connectivity index (χ0n) is 6.52. The van der Waals surface area contributed by atoms with Gasteiger partial charge in [0.15, 0.2) is 0 Å². The molecule has 0 bridgehead atoms. The first kappa shape index (κ1) is 7.13. The highest BCUT2D eigenvalue weighted by atomic mass is 14.8. The zero-order chi connectivity index (χ0) is 7.40. The number of nitrogens with one attached hydrogen (secondary N) is 1. The second-order valence-corrected chi connectivity index (χ2v) is 2.40. The van der Waals surface area contributed by atoms with Crippen LogP contribution in [0, 0.1) is 0 Å². The third-order valence-corrected chi connectivity index (χ3v) is 1.59. The maximum atomic E-state index is 3.16. The van der Waals surface area contributed by atoms with E-state index in [0.717, 1.165) is 6.54 Å². The lowest BCUT2D eigenvalue weighted by Gasteiger charge is -2.09. The van der Waals surface area contributed by atoms with E-state index in [1.165, 1.54) is 11.1 Å². The van der Waals surface area contributed by atoms with Crippen molar-refractivity contribution in [2.24, 2.45) is 0 Å². The average Bonchev–Trinajstić information content (AvgIpc) is 1.94. The number of rotatable bonds is 1. The van der Waals surface area contributed by atoms with Crippen molar-refractivity contribution in [3.8, 4) is 0 Å². The molecular weight excluding hydrogens is 122 g/mol. The monoisotopic (exact) mass is 135 g/mol. The summed E-state index contributed by atoms with van der Waals surface area (Å²) in [6, 6.07) is 0. The third kappa shape index (κ3) is 1.50.